The van der Waals surface area contributed by atoms with Crippen LogP contribution in [0.5, 0.6) is 0 Å². The first-order valence-corrected chi connectivity index (χ1v) is 35.8. The smallest absolute Gasteiger partial charge is 1.00 e. The number of hydrogen-bond acceptors (Lipinski definition) is 16. The van der Waals surface area contributed by atoms with Crippen LogP contribution in [0.3, 0.4) is 0 Å². The van der Waals surface area contributed by atoms with Gasteiger partial charge >= 0.3 is 59.1 Å². The van der Waals surface area contributed by atoms with Crippen LogP contribution in [0.4, 0.5) is 0 Å². The van der Waals surface area contributed by atoms with Gasteiger partial charge in [-0.15, -0.1) is 0 Å². The summed E-state index contributed by atoms with van der Waals surface area (Å²) in [7, 11) is 0. The molecule has 16 unspecified atom stereocenters. The van der Waals surface area contributed by atoms with Gasteiger partial charge in [-0.2, -0.15) is 0 Å². The van der Waals surface area contributed by atoms with E-state index < -0.39 is 0 Å². The number of hydrogen-bond donors (Lipinski definition) is 16. The van der Waals surface area contributed by atoms with Gasteiger partial charge in [-0.05, 0) is 197 Å². The molecule has 16 atom stereocenters. The Balaban J connectivity index is 0.000000150. The second kappa shape index (κ2) is 25.8. The second-order valence-corrected chi connectivity index (χ2v) is 31.2. The molecule has 18 heteroatoms. The minimum Gasteiger partial charge on any atom is -1.00 e. The van der Waals surface area contributed by atoms with Crippen molar-refractivity contribution in [2.24, 2.45) is 94.7 Å². The fraction of sp³-hybridized carbons (Fsp3) is 1.00. The van der Waals surface area contributed by atoms with Crippen molar-refractivity contribution in [3.63, 3.8) is 0 Å². The first kappa shape index (κ1) is 59.7. The molecule has 18 aliphatic rings. The molecule has 452 valence electrons. The van der Waals surface area contributed by atoms with Gasteiger partial charge in [0, 0.05) is 0 Å². The summed E-state index contributed by atoms with van der Waals surface area (Å²) in [6, 6.07) is 0. The molecule has 0 aromatic heterocycles. The molecule has 0 amide bonds. The Morgan fingerprint density at radius 3 is 0.244 bits per heavy atom. The summed E-state index contributed by atoms with van der Waals surface area (Å²) in [5, 5.41) is 67.6. The van der Waals surface area contributed by atoms with Crippen molar-refractivity contribution in [2.45, 2.75) is 304 Å². The van der Waals surface area contributed by atoms with E-state index in [0.717, 1.165) is 94.7 Å². The van der Waals surface area contributed by atoms with Gasteiger partial charge in [0.25, 0.3) is 0 Å². The predicted molar refractivity (Wildman–Crippen MR) is 317 cm³/mol. The van der Waals surface area contributed by atoms with Crippen molar-refractivity contribution in [1.82, 2.24) is 85.1 Å². The van der Waals surface area contributed by atoms with E-state index in [4.69, 9.17) is 0 Å². The summed E-state index contributed by atoms with van der Waals surface area (Å²) >= 11 is 0. The van der Waals surface area contributed by atoms with E-state index in [1.807, 2.05) is 0 Å². The average Bonchev–Trinajstić information content (AvgIpc) is 4.60. The molecular weight excluding hydrogens is 1040 g/mol. The molecule has 0 radical (unpaired) electrons. The fourth-order valence-electron chi connectivity index (χ4n) is 23.9. The van der Waals surface area contributed by atoms with Gasteiger partial charge in [-0.1, -0.05) is 103 Å². The monoisotopic (exact) mass is 1150 g/mol. The van der Waals surface area contributed by atoms with Crippen molar-refractivity contribution in [3.8, 4) is 0 Å². The van der Waals surface area contributed by atoms with Crippen LogP contribution in [0.2, 0.25) is 0 Å². The van der Waals surface area contributed by atoms with Crippen LogP contribution in [0, 0.1) is 94.7 Å². The van der Waals surface area contributed by atoms with E-state index in [1.54, 1.807) is 0 Å². The summed E-state index contributed by atoms with van der Waals surface area (Å²) in [6.45, 7) is 0. The van der Waals surface area contributed by atoms with Crippen LogP contribution >= 0.6 is 0 Å². The predicted octanol–water partition coefficient (Wildman–Crippen LogP) is -0.556. The standard InChI is InChI=1S/2C32H56N8.2Na.2H/c2*1-2-10-18-17(9-1)25-33-26(18)38-28-21-13-5-6-14-22(21)30(35-28)40-32-24-16-8-7-15-23(24)31(36-32)39-29-20-12-4-3-11-19(20)27(34-29)37-25;;;;/h2*17-40H,1-16H2;;;;/q;;2*+1;2*-1. The minimum atomic E-state index is 0. The number of rotatable bonds is 0. The van der Waals surface area contributed by atoms with Crippen LogP contribution in [0.1, 0.15) is 208 Å². The van der Waals surface area contributed by atoms with Crippen LogP contribution in [0.25, 0.3) is 0 Å². The number of nitrogens with one attached hydrogen (secondary N) is 16. The molecule has 18 fully saturated rings. The number of fused-ring (bicyclic) bond motifs is 40. The Hall–Kier alpha value is 1.36. The third-order valence-electron chi connectivity index (χ3n) is 27.6. The molecule has 16 bridgehead atoms. The summed E-state index contributed by atoms with van der Waals surface area (Å²) in [5.74, 6) is 11.9. The minimum absolute atomic E-state index is 0. The van der Waals surface area contributed by atoms with E-state index in [2.05, 4.69) is 85.1 Å². The van der Waals surface area contributed by atoms with Gasteiger partial charge < -0.3 is 2.85 Å². The normalized spacial score (nSPS) is 56.2. The molecule has 10 heterocycles. The first-order valence-electron chi connectivity index (χ1n) is 35.8. The second-order valence-electron chi connectivity index (χ2n) is 31.2. The summed E-state index contributed by atoms with van der Waals surface area (Å²) in [4.78, 5) is 0. The maximum Gasteiger partial charge on any atom is 1.00 e. The average molecular weight is 1150 g/mol. The zero-order valence-corrected chi connectivity index (χ0v) is 55.1. The summed E-state index contributed by atoms with van der Waals surface area (Å²) in [6.07, 6.45) is 51.1. The third kappa shape index (κ3) is 11.1. The van der Waals surface area contributed by atoms with Gasteiger partial charge in [0.2, 0.25) is 0 Å². The maximum atomic E-state index is 4.26. The van der Waals surface area contributed by atoms with Crippen LogP contribution in [0.15, 0.2) is 0 Å². The van der Waals surface area contributed by atoms with Crippen molar-refractivity contribution in [2.75, 3.05) is 0 Å². The van der Waals surface area contributed by atoms with Gasteiger partial charge in [0.15, 0.2) is 0 Å². The van der Waals surface area contributed by atoms with Crippen molar-refractivity contribution in [3.05, 3.63) is 0 Å². The Morgan fingerprint density at radius 1 is 0.122 bits per heavy atom. The molecule has 82 heavy (non-hydrogen) atoms. The molecule has 0 aromatic rings. The van der Waals surface area contributed by atoms with Crippen LogP contribution in [-0.4, -0.2) is 98.7 Å². The fourth-order valence-corrected chi connectivity index (χ4v) is 23.9. The van der Waals surface area contributed by atoms with Gasteiger partial charge in [-0.25, -0.2) is 0 Å². The topological polar surface area (TPSA) is 192 Å². The zero-order chi connectivity index (χ0) is 52.4. The molecule has 0 aromatic carbocycles. The molecular formula is C64H114N16Na2. The van der Waals surface area contributed by atoms with E-state index in [0.29, 0.717) is 98.7 Å². The van der Waals surface area contributed by atoms with Crippen molar-refractivity contribution >= 4 is 0 Å². The summed E-state index contributed by atoms with van der Waals surface area (Å²) in [5.41, 5.74) is 0. The molecule has 10 aliphatic heterocycles. The van der Waals surface area contributed by atoms with Gasteiger partial charge in [-0.3, -0.25) is 85.1 Å². The maximum absolute atomic E-state index is 4.26. The van der Waals surface area contributed by atoms with E-state index in [9.17, 15) is 0 Å². The molecule has 16 N–H and O–H groups in total. The van der Waals surface area contributed by atoms with Gasteiger partial charge in [0.05, 0.1) is 98.7 Å². The van der Waals surface area contributed by atoms with Crippen molar-refractivity contribution < 1.29 is 62.0 Å². The Bertz CT molecular complexity index is 1590. The summed E-state index contributed by atoms with van der Waals surface area (Å²) < 4.78 is 0. The van der Waals surface area contributed by atoms with Gasteiger partial charge in [0.1, 0.15) is 0 Å². The Morgan fingerprint density at radius 2 is 0.183 bits per heavy atom. The SMILES string of the molecule is C1CCC2C3NC(NC4NC(NC5NC(NC6NC(N3)C3CCCCC63)C3CCCCC53)C3CCCCC43)C2C1.C1CCC2C3NC(NC4NC(NC5NC(NC6NC(N3)C3CCCCC63)C3CCCCC53)C3CCCCC43)C2C1.[H-].[H-].[Na+].[Na+]. The molecule has 8 saturated carbocycles. The Kier molecular flexibility index (Phi) is 18.8. The molecule has 8 aliphatic carbocycles. The zero-order valence-electron chi connectivity index (χ0n) is 53.1. The quantitative estimate of drug-likeness (QED) is 0.138. The Labute approximate surface area is 541 Å². The molecule has 18 rings (SSSR count). The van der Waals surface area contributed by atoms with E-state index in [1.165, 1.54) is 205 Å². The van der Waals surface area contributed by atoms with Crippen LogP contribution in [-0.2, 0) is 0 Å². The molecule has 10 saturated heterocycles. The largest absolute Gasteiger partial charge is 1.00 e. The molecule has 16 nitrogen and oxygen atoms in total. The molecule has 0 spiro atoms. The first-order chi connectivity index (χ1) is 39.6. The van der Waals surface area contributed by atoms with Crippen LogP contribution < -0.4 is 144 Å². The van der Waals surface area contributed by atoms with E-state index in [-0.39, 0.29) is 62.0 Å². The van der Waals surface area contributed by atoms with Crippen molar-refractivity contribution in [1.29, 1.82) is 0 Å². The third-order valence-corrected chi connectivity index (χ3v) is 27.6. The van der Waals surface area contributed by atoms with E-state index >= 15 is 0 Å².